The van der Waals surface area contributed by atoms with E-state index in [2.05, 4.69) is 16.3 Å². The third-order valence-electron chi connectivity index (χ3n) is 5.55. The minimum atomic E-state index is -0.262. The summed E-state index contributed by atoms with van der Waals surface area (Å²) in [5.74, 6) is -0.212. The van der Waals surface area contributed by atoms with Crippen molar-refractivity contribution in [2.45, 2.75) is 31.8 Å². The highest BCUT2D eigenvalue weighted by Gasteiger charge is 2.36. The van der Waals surface area contributed by atoms with Gasteiger partial charge < -0.3 is 15.1 Å². The fourth-order valence-electron chi connectivity index (χ4n) is 4.06. The Kier molecular flexibility index (Phi) is 4.74. The van der Waals surface area contributed by atoms with Gasteiger partial charge in [0.05, 0.1) is 22.9 Å². The molecule has 0 aliphatic carbocycles. The zero-order valence-electron chi connectivity index (χ0n) is 15.8. The number of carbonyl (C=O) groups is 2. The summed E-state index contributed by atoms with van der Waals surface area (Å²) in [7, 11) is 1.99. The van der Waals surface area contributed by atoms with Gasteiger partial charge in [-0.25, -0.2) is 0 Å². The van der Waals surface area contributed by atoms with Crippen molar-refractivity contribution in [2.24, 2.45) is 0 Å². The van der Waals surface area contributed by atoms with Crippen molar-refractivity contribution >= 4 is 23.2 Å². The average molecular weight is 374 g/mol. The Bertz CT molecular complexity index is 979. The van der Waals surface area contributed by atoms with Crippen LogP contribution in [0, 0.1) is 11.3 Å². The maximum atomic E-state index is 13.0. The summed E-state index contributed by atoms with van der Waals surface area (Å²) in [6, 6.07) is 14.1. The molecule has 1 atom stereocenters. The van der Waals surface area contributed by atoms with Gasteiger partial charge in [0.25, 0.3) is 11.8 Å². The molecule has 2 amide bonds. The predicted octanol–water partition coefficient (Wildman–Crippen LogP) is 3.60. The third kappa shape index (κ3) is 3.20. The molecule has 1 fully saturated rings. The quantitative estimate of drug-likeness (QED) is 0.871. The maximum absolute atomic E-state index is 13.0. The Morgan fingerprint density at radius 3 is 2.86 bits per heavy atom. The van der Waals surface area contributed by atoms with Crippen molar-refractivity contribution in [3.8, 4) is 6.07 Å². The summed E-state index contributed by atoms with van der Waals surface area (Å²) in [4.78, 5) is 29.8. The zero-order valence-corrected chi connectivity index (χ0v) is 15.8. The first-order valence-corrected chi connectivity index (χ1v) is 9.58. The van der Waals surface area contributed by atoms with Crippen LogP contribution in [0.3, 0.4) is 0 Å². The first kappa shape index (κ1) is 18.1. The van der Waals surface area contributed by atoms with E-state index in [4.69, 9.17) is 5.26 Å². The molecule has 1 saturated heterocycles. The smallest absolute Gasteiger partial charge is 0.257 e. The number of nitrogens with zero attached hydrogens (tertiary/aromatic N) is 3. The van der Waals surface area contributed by atoms with Gasteiger partial charge in [-0.05, 0) is 55.7 Å². The highest BCUT2D eigenvalue weighted by atomic mass is 16.2. The SMILES string of the molecule is CN1c2cc(C(=O)Nc3cccc(C#N)c3)ccc2C(=O)N2CCCCC[C@@H]21. The number of amides is 2. The molecular formula is C22H22N4O2. The molecule has 6 heteroatoms. The molecule has 0 saturated carbocycles. The van der Waals surface area contributed by atoms with Gasteiger partial charge in [0.2, 0.25) is 0 Å². The molecule has 1 N–H and O–H groups in total. The van der Waals surface area contributed by atoms with E-state index < -0.39 is 0 Å². The molecule has 0 bridgehead atoms. The van der Waals surface area contributed by atoms with E-state index >= 15 is 0 Å². The number of carbonyl (C=O) groups excluding carboxylic acids is 2. The lowest BCUT2D eigenvalue weighted by molar-refractivity contribution is 0.0661. The molecule has 2 aliphatic rings. The van der Waals surface area contributed by atoms with E-state index in [1.807, 2.05) is 11.9 Å². The number of anilines is 2. The van der Waals surface area contributed by atoms with Crippen molar-refractivity contribution in [3.63, 3.8) is 0 Å². The highest BCUT2D eigenvalue weighted by molar-refractivity contribution is 6.08. The zero-order chi connectivity index (χ0) is 19.7. The van der Waals surface area contributed by atoms with Gasteiger partial charge in [-0.2, -0.15) is 5.26 Å². The summed E-state index contributed by atoms with van der Waals surface area (Å²) in [6.07, 6.45) is 4.27. The topological polar surface area (TPSA) is 76.4 Å². The van der Waals surface area contributed by atoms with Gasteiger partial charge in [0, 0.05) is 24.8 Å². The molecule has 0 aromatic heterocycles. The first-order chi connectivity index (χ1) is 13.6. The minimum Gasteiger partial charge on any atom is -0.354 e. The van der Waals surface area contributed by atoms with Crippen LogP contribution in [-0.2, 0) is 0 Å². The largest absolute Gasteiger partial charge is 0.354 e. The van der Waals surface area contributed by atoms with Crippen LogP contribution in [0.2, 0.25) is 0 Å². The number of hydrogen-bond acceptors (Lipinski definition) is 4. The van der Waals surface area contributed by atoms with Crippen molar-refractivity contribution in [1.29, 1.82) is 5.26 Å². The molecular weight excluding hydrogens is 352 g/mol. The summed E-state index contributed by atoms with van der Waals surface area (Å²) in [6.45, 7) is 0.782. The van der Waals surface area contributed by atoms with E-state index in [1.165, 1.54) is 0 Å². The molecule has 6 nitrogen and oxygen atoms in total. The van der Waals surface area contributed by atoms with Crippen molar-refractivity contribution in [3.05, 3.63) is 59.2 Å². The van der Waals surface area contributed by atoms with Gasteiger partial charge in [0.15, 0.2) is 0 Å². The van der Waals surface area contributed by atoms with Crippen LogP contribution in [-0.4, -0.2) is 36.5 Å². The molecule has 4 rings (SSSR count). The predicted molar refractivity (Wildman–Crippen MR) is 107 cm³/mol. The number of rotatable bonds is 2. The Morgan fingerprint density at radius 2 is 2.04 bits per heavy atom. The molecule has 0 spiro atoms. The van der Waals surface area contributed by atoms with Crippen LogP contribution in [0.5, 0.6) is 0 Å². The third-order valence-corrected chi connectivity index (χ3v) is 5.55. The Hall–Kier alpha value is -3.33. The van der Waals surface area contributed by atoms with E-state index in [0.717, 1.165) is 37.9 Å². The fraction of sp³-hybridized carbons (Fsp3) is 0.318. The lowest BCUT2D eigenvalue weighted by Crippen LogP contribution is -2.53. The second-order valence-electron chi connectivity index (χ2n) is 7.32. The van der Waals surface area contributed by atoms with Crippen molar-refractivity contribution < 1.29 is 9.59 Å². The van der Waals surface area contributed by atoms with Crippen LogP contribution >= 0.6 is 0 Å². The van der Waals surface area contributed by atoms with Crippen LogP contribution in [0.25, 0.3) is 0 Å². The van der Waals surface area contributed by atoms with Crippen LogP contribution in [0.4, 0.5) is 11.4 Å². The van der Waals surface area contributed by atoms with Crippen LogP contribution in [0.1, 0.15) is 52.0 Å². The standard InChI is InChI=1S/C22H22N4O2/c1-25-19-13-16(21(27)24-17-7-5-6-15(12-17)14-23)9-10-18(19)22(28)26-11-4-2-3-8-20(25)26/h5-7,9-10,12-13,20H,2-4,8,11H2,1H3,(H,24,27)/t20-/m1/s1. The van der Waals surface area contributed by atoms with Gasteiger partial charge in [0.1, 0.15) is 6.17 Å². The molecule has 2 aromatic rings. The van der Waals surface area contributed by atoms with Crippen molar-refractivity contribution in [2.75, 3.05) is 23.8 Å². The van der Waals surface area contributed by atoms with Crippen LogP contribution in [0.15, 0.2) is 42.5 Å². The monoisotopic (exact) mass is 374 g/mol. The molecule has 0 unspecified atom stereocenters. The summed E-state index contributed by atoms with van der Waals surface area (Å²) >= 11 is 0. The van der Waals surface area contributed by atoms with E-state index in [-0.39, 0.29) is 18.0 Å². The maximum Gasteiger partial charge on any atom is 0.257 e. The first-order valence-electron chi connectivity index (χ1n) is 9.58. The number of nitriles is 1. The molecule has 0 radical (unpaired) electrons. The lowest BCUT2D eigenvalue weighted by Gasteiger charge is -2.43. The number of hydrogen-bond donors (Lipinski definition) is 1. The summed E-state index contributed by atoms with van der Waals surface area (Å²) in [5, 5.41) is 11.8. The van der Waals surface area contributed by atoms with Crippen LogP contribution < -0.4 is 10.2 Å². The molecule has 142 valence electrons. The van der Waals surface area contributed by atoms with Gasteiger partial charge in [-0.1, -0.05) is 12.5 Å². The normalized spacial score (nSPS) is 18.6. The van der Waals surface area contributed by atoms with E-state index in [9.17, 15) is 9.59 Å². The average Bonchev–Trinajstić information content (AvgIpc) is 2.98. The molecule has 28 heavy (non-hydrogen) atoms. The second-order valence-corrected chi connectivity index (χ2v) is 7.32. The number of fused-ring (bicyclic) bond motifs is 2. The van der Waals surface area contributed by atoms with Crippen molar-refractivity contribution in [1.82, 2.24) is 4.90 Å². The molecule has 2 heterocycles. The Labute approximate surface area is 164 Å². The molecule has 2 aliphatic heterocycles. The van der Waals surface area contributed by atoms with Gasteiger partial charge in [-0.3, -0.25) is 9.59 Å². The minimum absolute atomic E-state index is 0.0492. The van der Waals surface area contributed by atoms with E-state index in [1.54, 1.807) is 42.5 Å². The summed E-state index contributed by atoms with van der Waals surface area (Å²) < 4.78 is 0. The number of benzene rings is 2. The Balaban J connectivity index is 1.62. The Morgan fingerprint density at radius 1 is 1.18 bits per heavy atom. The van der Waals surface area contributed by atoms with E-state index in [0.29, 0.717) is 22.4 Å². The highest BCUT2D eigenvalue weighted by Crippen LogP contribution is 2.34. The second kappa shape index (κ2) is 7.35. The summed E-state index contributed by atoms with van der Waals surface area (Å²) in [5.41, 5.74) is 2.99. The molecule has 2 aromatic carbocycles. The van der Waals surface area contributed by atoms with Gasteiger partial charge >= 0.3 is 0 Å². The lowest BCUT2D eigenvalue weighted by atomic mass is 10.0. The van der Waals surface area contributed by atoms with Gasteiger partial charge in [-0.15, -0.1) is 0 Å². The fourth-order valence-corrected chi connectivity index (χ4v) is 4.06. The number of nitrogens with one attached hydrogen (secondary N) is 1.